The molecule has 1 rings (SSSR count). The second kappa shape index (κ2) is 2.42. The van der Waals surface area contributed by atoms with Gasteiger partial charge in [0.15, 0.2) is 0 Å². The molecule has 0 aromatic carbocycles. The van der Waals surface area contributed by atoms with E-state index in [0.29, 0.717) is 6.42 Å². The standard InChI is InChI=1S/C7H4FO/c8-7-4-2-1-3-6(7)5-9/h1-2H,3H2. The molecular weight excluding hydrogens is 119 g/mol. The molecule has 0 amide bonds. The molecule has 0 aliphatic heterocycles. The van der Waals surface area contributed by atoms with Gasteiger partial charge in [-0.1, -0.05) is 12.2 Å². The highest BCUT2D eigenvalue weighted by Gasteiger charge is 2.05. The zero-order valence-electron chi connectivity index (χ0n) is 4.65. The number of allylic oxidation sites excluding steroid dienone is 5. The zero-order chi connectivity index (χ0) is 6.69. The van der Waals surface area contributed by atoms with Crippen LogP contribution in [0.4, 0.5) is 4.39 Å². The van der Waals surface area contributed by atoms with Crippen LogP contribution < -0.4 is 0 Å². The van der Waals surface area contributed by atoms with Gasteiger partial charge >= 0.3 is 0 Å². The molecule has 0 fully saturated rings. The van der Waals surface area contributed by atoms with Crippen molar-refractivity contribution in [3.63, 3.8) is 0 Å². The Labute approximate surface area is 52.2 Å². The third-order valence-electron chi connectivity index (χ3n) is 1.04. The molecule has 0 atom stereocenters. The van der Waals surface area contributed by atoms with Crippen LogP contribution in [0.15, 0.2) is 23.6 Å². The molecule has 0 saturated heterocycles. The fourth-order valence-electron chi connectivity index (χ4n) is 0.572. The number of rotatable bonds is 0. The maximum absolute atomic E-state index is 12.3. The van der Waals surface area contributed by atoms with E-state index in [0.717, 1.165) is 0 Å². The summed E-state index contributed by atoms with van der Waals surface area (Å²) in [6, 6.07) is 0. The van der Waals surface area contributed by atoms with Crippen molar-refractivity contribution in [1.82, 2.24) is 0 Å². The van der Waals surface area contributed by atoms with E-state index in [-0.39, 0.29) is 5.57 Å². The van der Waals surface area contributed by atoms with Crippen molar-refractivity contribution in [3.05, 3.63) is 29.6 Å². The molecule has 2 heteroatoms. The van der Waals surface area contributed by atoms with E-state index in [1.807, 2.05) is 0 Å². The minimum Gasteiger partial charge on any atom is -0.233 e. The molecular formula is C7H4FO. The molecule has 45 valence electrons. The van der Waals surface area contributed by atoms with Gasteiger partial charge in [0.25, 0.3) is 0 Å². The quantitative estimate of drug-likeness (QED) is 0.444. The van der Waals surface area contributed by atoms with E-state index in [2.05, 4.69) is 6.08 Å². The summed E-state index contributed by atoms with van der Waals surface area (Å²) in [6.45, 7) is 0. The van der Waals surface area contributed by atoms with Gasteiger partial charge in [-0.15, -0.1) is 0 Å². The maximum atomic E-state index is 12.3. The first-order valence-corrected chi connectivity index (χ1v) is 2.53. The number of halogens is 1. The Morgan fingerprint density at radius 3 is 3.00 bits per heavy atom. The summed E-state index contributed by atoms with van der Waals surface area (Å²) >= 11 is 0. The highest BCUT2D eigenvalue weighted by Crippen LogP contribution is 2.16. The number of hydrogen-bond acceptors (Lipinski definition) is 1. The topological polar surface area (TPSA) is 17.1 Å². The highest BCUT2D eigenvalue weighted by molar-refractivity contribution is 5.60. The number of carbonyl (C=O) groups excluding carboxylic acids is 1. The van der Waals surface area contributed by atoms with Gasteiger partial charge in [0, 0.05) is 12.5 Å². The molecule has 0 spiro atoms. The van der Waals surface area contributed by atoms with Gasteiger partial charge < -0.3 is 0 Å². The fourth-order valence-corrected chi connectivity index (χ4v) is 0.572. The lowest BCUT2D eigenvalue weighted by molar-refractivity contribution is 0.562. The lowest BCUT2D eigenvalue weighted by Gasteiger charge is -1.97. The lowest BCUT2D eigenvalue weighted by atomic mass is 10.1. The van der Waals surface area contributed by atoms with Crippen LogP contribution in [0.5, 0.6) is 0 Å². The summed E-state index contributed by atoms with van der Waals surface area (Å²) in [5.41, 5.74) is 0.0532. The van der Waals surface area contributed by atoms with Gasteiger partial charge in [-0.3, -0.25) is 0 Å². The van der Waals surface area contributed by atoms with E-state index in [9.17, 15) is 9.18 Å². The monoisotopic (exact) mass is 123 g/mol. The lowest BCUT2D eigenvalue weighted by Crippen LogP contribution is -1.87. The van der Waals surface area contributed by atoms with Gasteiger partial charge in [0.05, 0.1) is 5.57 Å². The summed E-state index contributed by atoms with van der Waals surface area (Å²) in [7, 11) is 0. The van der Waals surface area contributed by atoms with E-state index in [1.165, 1.54) is 12.0 Å². The first-order valence-electron chi connectivity index (χ1n) is 2.53. The summed E-state index contributed by atoms with van der Waals surface area (Å²) in [4.78, 5) is 9.87. The minimum atomic E-state index is -0.590. The summed E-state index contributed by atoms with van der Waals surface area (Å²) < 4.78 is 12.3. The normalized spacial score (nSPS) is 17.0. The molecule has 0 unspecified atom stereocenters. The van der Waals surface area contributed by atoms with E-state index < -0.39 is 5.83 Å². The molecule has 1 aliphatic carbocycles. The second-order valence-electron chi connectivity index (χ2n) is 1.65. The third kappa shape index (κ3) is 1.15. The molecule has 0 bridgehead atoms. The summed E-state index contributed by atoms with van der Waals surface area (Å²) in [5, 5.41) is 0. The van der Waals surface area contributed by atoms with E-state index in [4.69, 9.17) is 0 Å². The van der Waals surface area contributed by atoms with Crippen molar-refractivity contribution in [3.8, 4) is 0 Å². The van der Waals surface area contributed by atoms with Crippen molar-refractivity contribution < 1.29 is 9.18 Å². The first-order chi connectivity index (χ1) is 4.34. The van der Waals surface area contributed by atoms with Crippen LogP contribution in [0.1, 0.15) is 6.42 Å². The van der Waals surface area contributed by atoms with Crippen LogP contribution in [0.2, 0.25) is 0 Å². The average molecular weight is 123 g/mol. The largest absolute Gasteiger partial charge is 0.233 e. The second-order valence-corrected chi connectivity index (χ2v) is 1.65. The van der Waals surface area contributed by atoms with Crippen molar-refractivity contribution in [2.24, 2.45) is 0 Å². The highest BCUT2D eigenvalue weighted by atomic mass is 19.1. The predicted octanol–water partition coefficient (Wildman–Crippen LogP) is 1.36. The van der Waals surface area contributed by atoms with Crippen LogP contribution >= 0.6 is 0 Å². The first kappa shape index (κ1) is 5.99. The van der Waals surface area contributed by atoms with Gasteiger partial charge in [-0.05, 0) is 0 Å². The summed E-state index contributed by atoms with van der Waals surface area (Å²) in [6.07, 6.45) is 5.70. The number of hydrogen-bond donors (Lipinski definition) is 0. The van der Waals surface area contributed by atoms with Crippen LogP contribution in [-0.4, -0.2) is 5.94 Å². The van der Waals surface area contributed by atoms with Gasteiger partial charge in [0.1, 0.15) is 11.8 Å². The van der Waals surface area contributed by atoms with Crippen molar-refractivity contribution >= 4 is 5.94 Å². The Morgan fingerprint density at radius 2 is 2.56 bits per heavy atom. The SMILES string of the molecule is O=C=C1CC=C[C]=C1F. The third-order valence-corrected chi connectivity index (χ3v) is 1.04. The van der Waals surface area contributed by atoms with E-state index in [1.54, 1.807) is 6.08 Å². The van der Waals surface area contributed by atoms with Gasteiger partial charge in [-0.2, -0.15) is 0 Å². The fraction of sp³-hybridized carbons (Fsp3) is 0.143. The van der Waals surface area contributed by atoms with Crippen LogP contribution in [0, 0.1) is 6.08 Å². The molecule has 0 heterocycles. The molecule has 1 radical (unpaired) electrons. The van der Waals surface area contributed by atoms with Crippen LogP contribution in [0.3, 0.4) is 0 Å². The Morgan fingerprint density at radius 1 is 1.78 bits per heavy atom. The minimum absolute atomic E-state index is 0.0532. The molecule has 1 aliphatic rings. The average Bonchev–Trinajstić information content (AvgIpc) is 1.89. The Kier molecular flexibility index (Phi) is 1.61. The molecule has 0 aromatic heterocycles. The van der Waals surface area contributed by atoms with Crippen molar-refractivity contribution in [2.75, 3.05) is 0 Å². The van der Waals surface area contributed by atoms with Gasteiger partial charge in [0.2, 0.25) is 0 Å². The smallest absolute Gasteiger partial charge is 0.145 e. The predicted molar refractivity (Wildman–Crippen MR) is 30.8 cm³/mol. The Hall–Kier alpha value is -1.14. The van der Waals surface area contributed by atoms with E-state index >= 15 is 0 Å². The Balaban J connectivity index is 2.96. The summed E-state index contributed by atoms with van der Waals surface area (Å²) in [5.74, 6) is 0.904. The Bertz CT molecular complexity index is 219. The zero-order valence-corrected chi connectivity index (χ0v) is 4.65. The van der Waals surface area contributed by atoms with Crippen molar-refractivity contribution in [1.29, 1.82) is 0 Å². The molecule has 0 aromatic rings. The molecule has 0 saturated carbocycles. The molecule has 9 heavy (non-hydrogen) atoms. The van der Waals surface area contributed by atoms with Crippen LogP contribution in [-0.2, 0) is 4.79 Å². The van der Waals surface area contributed by atoms with Crippen LogP contribution in [0.25, 0.3) is 0 Å². The molecule has 0 N–H and O–H groups in total. The molecule has 1 nitrogen and oxygen atoms in total. The maximum Gasteiger partial charge on any atom is 0.145 e. The van der Waals surface area contributed by atoms with Crippen molar-refractivity contribution in [2.45, 2.75) is 6.42 Å². The van der Waals surface area contributed by atoms with Gasteiger partial charge in [-0.25, -0.2) is 9.18 Å².